The van der Waals surface area contributed by atoms with Gasteiger partial charge in [-0.15, -0.1) is 0 Å². The zero-order chi connectivity index (χ0) is 12.0. The lowest BCUT2D eigenvalue weighted by molar-refractivity contribution is -0.142. The second-order valence-electron chi connectivity index (χ2n) is 2.75. The van der Waals surface area contributed by atoms with E-state index >= 15 is 0 Å². The first-order valence-electron chi connectivity index (χ1n) is 4.61. The molecule has 16 heavy (non-hydrogen) atoms. The fourth-order valence-corrected chi connectivity index (χ4v) is 1.18. The average Bonchev–Trinajstić information content (AvgIpc) is 2.28. The number of esters is 1. The maximum absolute atomic E-state index is 11.1. The van der Waals surface area contributed by atoms with Crippen LogP contribution in [0.4, 0.5) is 5.69 Å². The standard InChI is InChI=1S/C10H10Cl2N2O2/c1-2-16-10(15)9(12)14-13-8-6-4-3-5-7(8)11/h3-6,9H,2H2,1H3. The van der Waals surface area contributed by atoms with Crippen molar-refractivity contribution in [2.45, 2.75) is 12.4 Å². The Bertz CT molecular complexity index is 396. The number of carbonyl (C=O) groups excluding carboxylic acids is 1. The summed E-state index contributed by atoms with van der Waals surface area (Å²) in [7, 11) is 0. The molecule has 86 valence electrons. The quantitative estimate of drug-likeness (QED) is 0.360. The Morgan fingerprint density at radius 1 is 1.50 bits per heavy atom. The molecular formula is C10H10Cl2N2O2. The lowest BCUT2D eigenvalue weighted by atomic mass is 10.3. The summed E-state index contributed by atoms with van der Waals surface area (Å²) in [6.07, 6.45) is 0. The van der Waals surface area contributed by atoms with Gasteiger partial charge < -0.3 is 4.74 Å². The van der Waals surface area contributed by atoms with Crippen LogP contribution in [0.3, 0.4) is 0 Å². The third-order valence-corrected chi connectivity index (χ3v) is 2.19. The minimum atomic E-state index is -1.14. The van der Waals surface area contributed by atoms with Gasteiger partial charge in [0.1, 0.15) is 5.69 Å². The van der Waals surface area contributed by atoms with Crippen LogP contribution in [0.5, 0.6) is 0 Å². The molecule has 6 heteroatoms. The summed E-state index contributed by atoms with van der Waals surface area (Å²) >= 11 is 11.5. The number of ether oxygens (including phenoxy) is 1. The third kappa shape index (κ3) is 3.79. The number of halogens is 2. The van der Waals surface area contributed by atoms with Gasteiger partial charge in [-0.25, -0.2) is 4.79 Å². The largest absolute Gasteiger partial charge is 0.463 e. The third-order valence-electron chi connectivity index (χ3n) is 1.60. The highest BCUT2D eigenvalue weighted by atomic mass is 35.5. The molecular weight excluding hydrogens is 251 g/mol. The molecule has 0 spiro atoms. The molecule has 0 bridgehead atoms. The van der Waals surface area contributed by atoms with E-state index in [2.05, 4.69) is 15.0 Å². The number of benzene rings is 1. The zero-order valence-electron chi connectivity index (χ0n) is 8.56. The highest BCUT2D eigenvalue weighted by molar-refractivity contribution is 6.33. The predicted molar refractivity (Wildman–Crippen MR) is 62.2 cm³/mol. The number of rotatable bonds is 4. The van der Waals surface area contributed by atoms with Crippen LogP contribution in [0.2, 0.25) is 5.02 Å². The van der Waals surface area contributed by atoms with E-state index < -0.39 is 11.5 Å². The number of carbonyl (C=O) groups is 1. The molecule has 4 nitrogen and oxygen atoms in total. The van der Waals surface area contributed by atoms with Crippen LogP contribution in [0.1, 0.15) is 6.92 Å². The lowest BCUT2D eigenvalue weighted by Gasteiger charge is -2.02. The second kappa shape index (κ2) is 6.45. The van der Waals surface area contributed by atoms with Gasteiger partial charge >= 0.3 is 5.97 Å². The summed E-state index contributed by atoms with van der Waals surface area (Å²) in [5, 5.41) is 7.82. The van der Waals surface area contributed by atoms with Crippen LogP contribution in [0.15, 0.2) is 34.5 Å². The van der Waals surface area contributed by atoms with Gasteiger partial charge in [-0.2, -0.15) is 10.2 Å². The summed E-state index contributed by atoms with van der Waals surface area (Å²) < 4.78 is 4.66. The van der Waals surface area contributed by atoms with Crippen molar-refractivity contribution in [3.63, 3.8) is 0 Å². The van der Waals surface area contributed by atoms with E-state index in [4.69, 9.17) is 23.2 Å². The van der Waals surface area contributed by atoms with Crippen LogP contribution in [-0.4, -0.2) is 18.1 Å². The van der Waals surface area contributed by atoms with Crippen molar-refractivity contribution in [1.29, 1.82) is 0 Å². The van der Waals surface area contributed by atoms with Crippen molar-refractivity contribution in [3.05, 3.63) is 29.3 Å². The Hall–Kier alpha value is -1.13. The monoisotopic (exact) mass is 260 g/mol. The van der Waals surface area contributed by atoms with Crippen LogP contribution in [0, 0.1) is 0 Å². The molecule has 1 unspecified atom stereocenters. The molecule has 0 amide bonds. The van der Waals surface area contributed by atoms with E-state index in [0.29, 0.717) is 10.7 Å². The van der Waals surface area contributed by atoms with Crippen LogP contribution in [0.25, 0.3) is 0 Å². The Morgan fingerprint density at radius 3 is 2.81 bits per heavy atom. The molecule has 0 radical (unpaired) electrons. The first-order valence-corrected chi connectivity index (χ1v) is 5.42. The summed E-state index contributed by atoms with van der Waals surface area (Å²) in [6, 6.07) is 6.86. The van der Waals surface area contributed by atoms with E-state index in [0.717, 1.165) is 0 Å². The summed E-state index contributed by atoms with van der Waals surface area (Å²) in [5.74, 6) is -0.625. The van der Waals surface area contributed by atoms with Crippen molar-refractivity contribution in [2.24, 2.45) is 10.2 Å². The normalized spacial score (nSPS) is 12.7. The van der Waals surface area contributed by atoms with E-state index in [1.165, 1.54) is 0 Å². The molecule has 0 aliphatic heterocycles. The van der Waals surface area contributed by atoms with Crippen molar-refractivity contribution in [2.75, 3.05) is 6.61 Å². The molecule has 1 rings (SSSR count). The molecule has 0 aliphatic carbocycles. The maximum atomic E-state index is 11.1. The molecule has 1 aromatic rings. The van der Waals surface area contributed by atoms with Gasteiger partial charge in [0.2, 0.25) is 5.50 Å². The number of alkyl halides is 1. The molecule has 0 fully saturated rings. The Labute approximate surface area is 103 Å². The Morgan fingerprint density at radius 2 is 2.19 bits per heavy atom. The van der Waals surface area contributed by atoms with Crippen molar-refractivity contribution in [3.8, 4) is 0 Å². The van der Waals surface area contributed by atoms with Gasteiger partial charge in [0.05, 0.1) is 11.6 Å². The van der Waals surface area contributed by atoms with Gasteiger partial charge in [-0.1, -0.05) is 35.3 Å². The van der Waals surface area contributed by atoms with Crippen LogP contribution in [-0.2, 0) is 9.53 Å². The van der Waals surface area contributed by atoms with Gasteiger partial charge in [0.25, 0.3) is 0 Å². The van der Waals surface area contributed by atoms with Crippen molar-refractivity contribution in [1.82, 2.24) is 0 Å². The van der Waals surface area contributed by atoms with E-state index in [1.807, 2.05) is 0 Å². The SMILES string of the molecule is CCOC(=O)C(Cl)N=Nc1ccccc1Cl. The molecule has 0 aromatic heterocycles. The summed E-state index contributed by atoms with van der Waals surface area (Å²) in [4.78, 5) is 11.1. The molecule has 1 atom stereocenters. The first-order chi connectivity index (χ1) is 7.65. The molecule has 0 saturated carbocycles. The first kappa shape index (κ1) is 12.9. The molecule has 0 saturated heterocycles. The topological polar surface area (TPSA) is 51.0 Å². The summed E-state index contributed by atoms with van der Waals surface area (Å²) in [6.45, 7) is 1.94. The molecule has 1 aromatic carbocycles. The number of azo groups is 1. The smallest absolute Gasteiger partial charge is 0.348 e. The number of hydrogen-bond donors (Lipinski definition) is 0. The Kier molecular flexibility index (Phi) is 5.22. The summed E-state index contributed by atoms with van der Waals surface area (Å²) in [5.41, 5.74) is -0.685. The van der Waals surface area contributed by atoms with Crippen LogP contribution < -0.4 is 0 Å². The zero-order valence-corrected chi connectivity index (χ0v) is 10.1. The Balaban J connectivity index is 2.67. The second-order valence-corrected chi connectivity index (χ2v) is 3.58. The van der Waals surface area contributed by atoms with Gasteiger partial charge in [0, 0.05) is 0 Å². The highest BCUT2D eigenvalue weighted by Gasteiger charge is 2.14. The van der Waals surface area contributed by atoms with Crippen molar-refractivity contribution < 1.29 is 9.53 Å². The van der Waals surface area contributed by atoms with Crippen LogP contribution >= 0.6 is 23.2 Å². The minimum absolute atomic E-state index is 0.254. The fourth-order valence-electron chi connectivity index (χ4n) is 0.904. The number of hydrogen-bond acceptors (Lipinski definition) is 4. The van der Waals surface area contributed by atoms with Gasteiger partial charge in [0.15, 0.2) is 0 Å². The van der Waals surface area contributed by atoms with Gasteiger partial charge in [-0.05, 0) is 19.1 Å². The molecule has 0 aliphatic rings. The predicted octanol–water partition coefficient (Wildman–Crippen LogP) is 3.55. The molecule has 0 N–H and O–H groups in total. The van der Waals surface area contributed by atoms with Crippen molar-refractivity contribution >= 4 is 34.9 Å². The van der Waals surface area contributed by atoms with E-state index in [-0.39, 0.29) is 6.61 Å². The highest BCUT2D eigenvalue weighted by Crippen LogP contribution is 2.24. The molecule has 0 heterocycles. The van der Waals surface area contributed by atoms with E-state index in [9.17, 15) is 4.79 Å². The maximum Gasteiger partial charge on any atom is 0.348 e. The lowest BCUT2D eigenvalue weighted by Crippen LogP contribution is -2.14. The fraction of sp³-hybridized carbons (Fsp3) is 0.300. The minimum Gasteiger partial charge on any atom is -0.463 e. The van der Waals surface area contributed by atoms with E-state index in [1.54, 1.807) is 31.2 Å². The van der Waals surface area contributed by atoms with Gasteiger partial charge in [-0.3, -0.25) is 0 Å². The number of nitrogens with zero attached hydrogens (tertiary/aromatic N) is 2. The average molecular weight is 261 g/mol.